The van der Waals surface area contributed by atoms with Crippen molar-refractivity contribution in [3.05, 3.63) is 30.5 Å². The highest BCUT2D eigenvalue weighted by molar-refractivity contribution is 7.92. The van der Waals surface area contributed by atoms with Crippen LogP contribution in [0.4, 0.5) is 5.82 Å². The molecule has 4 heterocycles. The van der Waals surface area contributed by atoms with Crippen LogP contribution in [0.25, 0.3) is 22.5 Å². The van der Waals surface area contributed by atoms with Gasteiger partial charge in [0.05, 0.1) is 5.56 Å². The van der Waals surface area contributed by atoms with Gasteiger partial charge in [-0.2, -0.15) is 5.21 Å². The van der Waals surface area contributed by atoms with Crippen molar-refractivity contribution in [3.8, 4) is 22.5 Å². The molecule has 0 spiro atoms. The third-order valence-electron chi connectivity index (χ3n) is 6.14. The first-order valence-corrected chi connectivity index (χ1v) is 14.4. The molecule has 6 N–H and O–H groups in total. The standard InChI is InChI=1S/C20H26N10O4S2/c21-35(31,32)18-16(36(33,34)27-13-5-7-23-12-13)4-3-14(17(18)19-25-28-29-26-19)15-2-1-6-24-20(15)30-10-8-22-9-11-30/h1-4,6,13,22-23,27H,5,7-12H2,(H2,21,31,32)(H,25,26,28,29)/t13-/m1/s1. The first kappa shape index (κ1) is 24.7. The summed E-state index contributed by atoms with van der Waals surface area (Å²) in [6, 6.07) is 5.90. The van der Waals surface area contributed by atoms with E-state index in [9.17, 15) is 16.8 Å². The largest absolute Gasteiger partial charge is 0.354 e. The number of anilines is 1. The number of nitrogens with two attached hydrogens (primary N) is 1. The molecule has 2 fully saturated rings. The lowest BCUT2D eigenvalue weighted by atomic mass is 9.99. The second-order valence-corrected chi connectivity index (χ2v) is 11.7. The molecule has 16 heteroatoms. The van der Waals surface area contributed by atoms with E-state index < -0.39 is 29.8 Å². The molecule has 36 heavy (non-hydrogen) atoms. The molecular formula is C20H26N10O4S2. The highest BCUT2D eigenvalue weighted by atomic mass is 32.2. The zero-order valence-electron chi connectivity index (χ0n) is 19.2. The Kier molecular flexibility index (Phi) is 6.71. The summed E-state index contributed by atoms with van der Waals surface area (Å²) in [5.74, 6) is 0.513. The molecule has 0 amide bonds. The van der Waals surface area contributed by atoms with Crippen molar-refractivity contribution < 1.29 is 16.8 Å². The molecule has 0 aliphatic carbocycles. The van der Waals surface area contributed by atoms with Crippen molar-refractivity contribution in [2.24, 2.45) is 5.14 Å². The van der Waals surface area contributed by atoms with Crippen LogP contribution in [0.3, 0.4) is 0 Å². The van der Waals surface area contributed by atoms with Gasteiger partial charge >= 0.3 is 0 Å². The number of nitrogens with zero attached hydrogens (tertiary/aromatic N) is 5. The second kappa shape index (κ2) is 9.79. The number of piperazine rings is 1. The molecule has 2 saturated heterocycles. The molecule has 1 aromatic carbocycles. The number of nitrogens with one attached hydrogen (secondary N) is 4. The van der Waals surface area contributed by atoms with Crippen molar-refractivity contribution in [1.82, 2.24) is 41.0 Å². The van der Waals surface area contributed by atoms with Crippen LogP contribution in [0, 0.1) is 0 Å². The minimum atomic E-state index is -4.58. The molecule has 2 aliphatic rings. The second-order valence-electron chi connectivity index (χ2n) is 8.52. The predicted octanol–water partition coefficient (Wildman–Crippen LogP) is -1.37. The smallest absolute Gasteiger partial charge is 0.242 e. The molecule has 0 bridgehead atoms. The Hall–Kier alpha value is -3.02. The number of H-pyrrole nitrogens is 1. The van der Waals surface area contributed by atoms with Gasteiger partial charge in [0, 0.05) is 50.5 Å². The van der Waals surface area contributed by atoms with Crippen LogP contribution in [-0.2, 0) is 20.0 Å². The molecule has 2 aromatic heterocycles. The Morgan fingerprint density at radius 1 is 1.03 bits per heavy atom. The van der Waals surface area contributed by atoms with Gasteiger partial charge in [0.1, 0.15) is 15.6 Å². The number of aromatic amines is 1. The van der Waals surface area contributed by atoms with E-state index in [4.69, 9.17) is 5.14 Å². The van der Waals surface area contributed by atoms with Crippen LogP contribution in [0.5, 0.6) is 0 Å². The summed E-state index contributed by atoms with van der Waals surface area (Å²) in [6.07, 6.45) is 2.22. The predicted molar refractivity (Wildman–Crippen MR) is 131 cm³/mol. The fourth-order valence-electron chi connectivity index (χ4n) is 4.55. The lowest BCUT2D eigenvalue weighted by Crippen LogP contribution is -2.44. The third kappa shape index (κ3) is 4.82. The lowest BCUT2D eigenvalue weighted by molar-refractivity contribution is 0.555. The Labute approximate surface area is 208 Å². The topological polar surface area (TPSA) is 201 Å². The van der Waals surface area contributed by atoms with Crippen LogP contribution in [0.1, 0.15) is 6.42 Å². The quantitative estimate of drug-likeness (QED) is 0.239. The van der Waals surface area contributed by atoms with Crippen molar-refractivity contribution in [1.29, 1.82) is 0 Å². The van der Waals surface area contributed by atoms with Crippen LogP contribution >= 0.6 is 0 Å². The molecule has 5 rings (SSSR count). The van der Waals surface area contributed by atoms with E-state index in [2.05, 4.69) is 45.9 Å². The van der Waals surface area contributed by atoms with Gasteiger partial charge in [0.15, 0.2) is 0 Å². The highest BCUT2D eigenvalue weighted by Crippen LogP contribution is 2.41. The van der Waals surface area contributed by atoms with Crippen molar-refractivity contribution in [2.75, 3.05) is 44.2 Å². The summed E-state index contributed by atoms with van der Waals surface area (Å²) in [4.78, 5) is 5.54. The Morgan fingerprint density at radius 2 is 1.83 bits per heavy atom. The molecule has 3 aromatic rings. The van der Waals surface area contributed by atoms with Gasteiger partial charge in [-0.05, 0) is 41.9 Å². The van der Waals surface area contributed by atoms with E-state index in [-0.39, 0.29) is 17.4 Å². The summed E-state index contributed by atoms with van der Waals surface area (Å²) in [5.41, 5.74) is 0.882. The number of sulfonamides is 2. The number of benzene rings is 1. The monoisotopic (exact) mass is 534 g/mol. The number of pyridine rings is 1. The first-order valence-electron chi connectivity index (χ1n) is 11.3. The van der Waals surface area contributed by atoms with Gasteiger partial charge in [0.25, 0.3) is 0 Å². The van der Waals surface area contributed by atoms with E-state index in [1.54, 1.807) is 18.3 Å². The number of hydrogen-bond acceptors (Lipinski definition) is 11. The zero-order chi connectivity index (χ0) is 25.3. The summed E-state index contributed by atoms with van der Waals surface area (Å²) in [7, 11) is -8.85. The minimum Gasteiger partial charge on any atom is -0.354 e. The number of primary sulfonamides is 1. The van der Waals surface area contributed by atoms with Crippen LogP contribution in [0.15, 0.2) is 40.3 Å². The lowest BCUT2D eigenvalue weighted by Gasteiger charge is -2.30. The van der Waals surface area contributed by atoms with Gasteiger partial charge in [0.2, 0.25) is 25.9 Å². The van der Waals surface area contributed by atoms with Gasteiger partial charge in [-0.15, -0.1) is 10.2 Å². The molecule has 192 valence electrons. The maximum absolute atomic E-state index is 13.4. The summed E-state index contributed by atoms with van der Waals surface area (Å²) in [6.45, 7) is 3.98. The van der Waals surface area contributed by atoms with Crippen molar-refractivity contribution in [2.45, 2.75) is 22.3 Å². The highest BCUT2D eigenvalue weighted by Gasteiger charge is 2.34. The molecule has 14 nitrogen and oxygen atoms in total. The molecule has 0 saturated carbocycles. The SMILES string of the molecule is NS(=O)(=O)c1c(S(=O)(=O)N[C@@H]2CCNC2)ccc(-c2cccnc2N2CCNCC2)c1-c1nn[nH]n1. The average Bonchev–Trinajstić information content (AvgIpc) is 3.57. The number of rotatable bonds is 7. The first-order chi connectivity index (χ1) is 17.3. The Morgan fingerprint density at radius 3 is 2.50 bits per heavy atom. The Bertz CT molecular complexity index is 1450. The molecule has 1 atom stereocenters. The fourth-order valence-corrected chi connectivity index (χ4v) is 7.42. The maximum atomic E-state index is 13.4. The van der Waals surface area contributed by atoms with E-state index in [0.29, 0.717) is 49.5 Å². The normalized spacial score (nSPS) is 19.0. The van der Waals surface area contributed by atoms with Gasteiger partial charge in [-0.3, -0.25) is 0 Å². The number of tetrazole rings is 1. The summed E-state index contributed by atoms with van der Waals surface area (Å²) >= 11 is 0. The average molecular weight is 535 g/mol. The van der Waals surface area contributed by atoms with Gasteiger partial charge < -0.3 is 15.5 Å². The van der Waals surface area contributed by atoms with Crippen molar-refractivity contribution in [3.63, 3.8) is 0 Å². The van der Waals surface area contributed by atoms with E-state index in [1.807, 2.05) is 0 Å². The van der Waals surface area contributed by atoms with Crippen molar-refractivity contribution >= 4 is 25.9 Å². The minimum absolute atomic E-state index is 0.0666. The van der Waals surface area contributed by atoms with E-state index >= 15 is 0 Å². The molecule has 0 radical (unpaired) electrons. The van der Waals surface area contributed by atoms with Crippen LogP contribution < -0.4 is 25.4 Å². The van der Waals surface area contributed by atoms with Gasteiger partial charge in [-0.1, -0.05) is 6.07 Å². The fraction of sp³-hybridized carbons (Fsp3) is 0.400. The molecule has 0 unspecified atom stereocenters. The van der Waals surface area contributed by atoms with E-state index in [0.717, 1.165) is 13.1 Å². The van der Waals surface area contributed by atoms with Gasteiger partial charge in [-0.25, -0.2) is 31.7 Å². The molecular weight excluding hydrogens is 508 g/mol. The van der Waals surface area contributed by atoms with E-state index in [1.165, 1.54) is 12.1 Å². The number of aromatic nitrogens is 5. The Balaban J connectivity index is 1.75. The summed E-state index contributed by atoms with van der Waals surface area (Å²) < 4.78 is 55.3. The molecule has 2 aliphatic heterocycles. The van der Waals surface area contributed by atoms with Crippen LogP contribution in [0.2, 0.25) is 0 Å². The zero-order valence-corrected chi connectivity index (χ0v) is 20.8. The summed E-state index contributed by atoms with van der Waals surface area (Å²) in [5, 5.41) is 25.8. The number of hydrogen-bond donors (Lipinski definition) is 5. The van der Waals surface area contributed by atoms with Crippen LogP contribution in [-0.4, -0.2) is 87.8 Å². The maximum Gasteiger partial charge on any atom is 0.242 e. The third-order valence-corrected chi connectivity index (χ3v) is 8.83.